The predicted molar refractivity (Wildman–Crippen MR) is 112 cm³/mol. The van der Waals surface area contributed by atoms with Crippen molar-refractivity contribution in [2.45, 2.75) is 30.5 Å². The van der Waals surface area contributed by atoms with E-state index in [0.717, 1.165) is 13.0 Å². The van der Waals surface area contributed by atoms with Gasteiger partial charge in [-0.2, -0.15) is 13.2 Å². The maximum absolute atomic E-state index is 13.1. The van der Waals surface area contributed by atoms with Crippen molar-refractivity contribution in [1.29, 1.82) is 4.78 Å². The smallest absolute Gasteiger partial charge is 0.379 e. The Hall–Kier alpha value is -3.52. The van der Waals surface area contributed by atoms with Crippen LogP contribution in [0, 0.1) is 14.9 Å². The SMILES string of the molecule is CC(=O)Nc1ccc(S(=N)(=O)C[C@@](C)(O)C(=O)Nc2ccc([N+](=O)[O-])c(C(F)(F)F)c2)cc1. The van der Waals surface area contributed by atoms with E-state index in [1.54, 1.807) is 0 Å². The molecule has 33 heavy (non-hydrogen) atoms. The van der Waals surface area contributed by atoms with Crippen molar-refractivity contribution in [2.24, 2.45) is 0 Å². The first-order valence-electron chi connectivity index (χ1n) is 9.06. The second-order valence-electron chi connectivity index (χ2n) is 7.24. The van der Waals surface area contributed by atoms with Crippen LogP contribution in [0.2, 0.25) is 0 Å². The van der Waals surface area contributed by atoms with Gasteiger partial charge in [0.2, 0.25) is 5.91 Å². The maximum atomic E-state index is 13.1. The molecule has 10 nitrogen and oxygen atoms in total. The number of nitro benzene ring substituents is 1. The molecule has 0 aliphatic carbocycles. The van der Waals surface area contributed by atoms with Gasteiger partial charge in [-0.05, 0) is 43.3 Å². The summed E-state index contributed by atoms with van der Waals surface area (Å²) in [6.07, 6.45) is -5.08. The van der Waals surface area contributed by atoms with Gasteiger partial charge in [-0.25, -0.2) is 8.99 Å². The molecule has 2 rings (SSSR count). The molecule has 2 aromatic carbocycles. The zero-order valence-corrected chi connectivity index (χ0v) is 18.0. The fourth-order valence-electron chi connectivity index (χ4n) is 2.77. The quantitative estimate of drug-likeness (QED) is 0.345. The van der Waals surface area contributed by atoms with Gasteiger partial charge in [-0.3, -0.25) is 19.7 Å². The van der Waals surface area contributed by atoms with E-state index < -0.39 is 55.0 Å². The first-order chi connectivity index (χ1) is 15.0. The number of carbonyl (C=O) groups is 2. The number of nitro groups is 1. The number of hydrogen-bond acceptors (Lipinski definition) is 7. The third kappa shape index (κ3) is 6.49. The van der Waals surface area contributed by atoms with Gasteiger partial charge in [0.1, 0.15) is 5.56 Å². The lowest BCUT2D eigenvalue weighted by Crippen LogP contribution is -2.45. The average Bonchev–Trinajstić information content (AvgIpc) is 2.66. The Balaban J connectivity index is 2.24. The number of halogens is 3. The molecule has 0 aliphatic rings. The zero-order valence-electron chi connectivity index (χ0n) is 17.2. The van der Waals surface area contributed by atoms with Crippen LogP contribution in [-0.2, 0) is 25.5 Å². The van der Waals surface area contributed by atoms with Gasteiger partial charge >= 0.3 is 6.18 Å². The van der Waals surface area contributed by atoms with Crippen molar-refractivity contribution >= 4 is 38.6 Å². The molecular weight excluding hydrogens is 469 g/mol. The summed E-state index contributed by atoms with van der Waals surface area (Å²) in [4.78, 5) is 33.1. The van der Waals surface area contributed by atoms with Crippen molar-refractivity contribution in [2.75, 3.05) is 16.4 Å². The van der Waals surface area contributed by atoms with E-state index in [1.165, 1.54) is 31.2 Å². The Kier molecular flexibility index (Phi) is 7.14. The second kappa shape index (κ2) is 9.15. The number of carbonyl (C=O) groups excluding carboxylic acids is 2. The summed E-state index contributed by atoms with van der Waals surface area (Å²) >= 11 is 0. The van der Waals surface area contributed by atoms with Crippen LogP contribution in [0.3, 0.4) is 0 Å². The topological polar surface area (TPSA) is 162 Å². The van der Waals surface area contributed by atoms with Crippen molar-refractivity contribution in [3.8, 4) is 0 Å². The molecule has 0 aliphatic heterocycles. The molecule has 14 heteroatoms. The first kappa shape index (κ1) is 25.7. The summed E-state index contributed by atoms with van der Waals surface area (Å²) in [5.74, 6) is -2.52. The van der Waals surface area contributed by atoms with Crippen LogP contribution >= 0.6 is 0 Å². The molecule has 178 valence electrons. The molecule has 0 bridgehead atoms. The highest BCUT2D eigenvalue weighted by Gasteiger charge is 2.39. The van der Waals surface area contributed by atoms with Crippen LogP contribution < -0.4 is 10.6 Å². The summed E-state index contributed by atoms with van der Waals surface area (Å²) in [6, 6.07) is 7.01. The van der Waals surface area contributed by atoms with Gasteiger partial charge in [0, 0.05) is 29.3 Å². The van der Waals surface area contributed by atoms with Gasteiger partial charge in [-0.1, -0.05) is 0 Å². The minimum absolute atomic E-state index is 0.0561. The Morgan fingerprint density at radius 3 is 2.15 bits per heavy atom. The van der Waals surface area contributed by atoms with E-state index in [4.69, 9.17) is 4.78 Å². The van der Waals surface area contributed by atoms with Crippen LogP contribution in [0.25, 0.3) is 0 Å². The number of amides is 2. The third-order valence-electron chi connectivity index (χ3n) is 4.29. The van der Waals surface area contributed by atoms with E-state index >= 15 is 0 Å². The van der Waals surface area contributed by atoms with Crippen LogP contribution in [0.5, 0.6) is 0 Å². The van der Waals surface area contributed by atoms with Crippen molar-refractivity contribution < 1.29 is 37.0 Å². The van der Waals surface area contributed by atoms with Gasteiger partial charge in [-0.15, -0.1) is 0 Å². The number of hydrogen-bond donors (Lipinski definition) is 4. The Labute approximate surface area is 185 Å². The van der Waals surface area contributed by atoms with Crippen molar-refractivity contribution in [1.82, 2.24) is 0 Å². The van der Waals surface area contributed by atoms with E-state index in [0.29, 0.717) is 17.8 Å². The Bertz CT molecular complexity index is 1190. The summed E-state index contributed by atoms with van der Waals surface area (Å²) in [5, 5.41) is 25.8. The average molecular weight is 488 g/mol. The fraction of sp³-hybridized carbons (Fsp3) is 0.263. The zero-order chi connectivity index (χ0) is 25.2. The van der Waals surface area contributed by atoms with Crippen LogP contribution in [0.1, 0.15) is 19.4 Å². The number of anilines is 2. The highest BCUT2D eigenvalue weighted by Crippen LogP contribution is 2.37. The van der Waals surface area contributed by atoms with Gasteiger partial charge < -0.3 is 15.7 Å². The molecule has 0 heterocycles. The normalized spacial score (nSPS) is 15.1. The summed E-state index contributed by atoms with van der Waals surface area (Å²) < 4.78 is 60.2. The number of alkyl halides is 3. The molecule has 0 aromatic heterocycles. The van der Waals surface area contributed by atoms with E-state index in [-0.39, 0.29) is 10.8 Å². The van der Waals surface area contributed by atoms with Crippen LogP contribution in [0.4, 0.5) is 30.2 Å². The monoisotopic (exact) mass is 488 g/mol. The summed E-state index contributed by atoms with van der Waals surface area (Å²) in [5.41, 5.74) is -5.40. The Morgan fingerprint density at radius 2 is 1.67 bits per heavy atom. The number of nitrogens with zero attached hydrogens (tertiary/aromatic N) is 1. The molecule has 2 aromatic rings. The molecule has 0 fully saturated rings. The molecule has 1 unspecified atom stereocenters. The molecule has 2 atom stereocenters. The molecule has 0 radical (unpaired) electrons. The second-order valence-corrected chi connectivity index (χ2v) is 9.35. The van der Waals surface area contributed by atoms with Crippen molar-refractivity contribution in [3.05, 3.63) is 58.1 Å². The highest BCUT2D eigenvalue weighted by atomic mass is 32.2. The van der Waals surface area contributed by atoms with E-state index in [2.05, 4.69) is 5.32 Å². The number of benzene rings is 2. The van der Waals surface area contributed by atoms with E-state index in [9.17, 15) is 42.2 Å². The predicted octanol–water partition coefficient (Wildman–Crippen LogP) is 3.37. The van der Waals surface area contributed by atoms with Crippen LogP contribution in [-0.4, -0.2) is 37.4 Å². The Morgan fingerprint density at radius 1 is 1.12 bits per heavy atom. The minimum atomic E-state index is -5.08. The maximum Gasteiger partial charge on any atom is 0.423 e. The molecular formula is C19H19F3N4O6S. The van der Waals surface area contributed by atoms with Gasteiger partial charge in [0.25, 0.3) is 11.6 Å². The standard InChI is InChI=1S/C19H19F3N4O6S/c1-11(27)24-12-3-6-14(7-4-12)33(23,32)10-18(2,29)17(28)25-13-5-8-16(26(30)31)15(9-13)19(20,21)22/h3-9,23,29H,10H2,1-2H3,(H,24,27)(H,25,28)/t18-,33?/m1/s1. The van der Waals surface area contributed by atoms with Gasteiger partial charge in [0.05, 0.1) is 20.4 Å². The lowest BCUT2D eigenvalue weighted by atomic mass is 10.1. The third-order valence-corrected chi connectivity index (χ3v) is 6.29. The number of aliphatic hydroxyl groups is 1. The lowest BCUT2D eigenvalue weighted by Gasteiger charge is -2.24. The van der Waals surface area contributed by atoms with Crippen LogP contribution in [0.15, 0.2) is 47.4 Å². The molecule has 0 spiro atoms. The molecule has 0 saturated heterocycles. The fourth-order valence-corrected chi connectivity index (χ4v) is 4.44. The molecule has 0 saturated carbocycles. The summed E-state index contributed by atoms with van der Waals surface area (Å²) in [6.45, 7) is 2.21. The molecule has 2 amide bonds. The number of rotatable bonds is 7. The largest absolute Gasteiger partial charge is 0.423 e. The molecule has 4 N–H and O–H groups in total. The lowest BCUT2D eigenvalue weighted by molar-refractivity contribution is -0.388. The highest BCUT2D eigenvalue weighted by molar-refractivity contribution is 7.92. The van der Waals surface area contributed by atoms with Crippen molar-refractivity contribution in [3.63, 3.8) is 0 Å². The van der Waals surface area contributed by atoms with Gasteiger partial charge in [0.15, 0.2) is 5.60 Å². The number of nitrogens with one attached hydrogen (secondary N) is 3. The summed E-state index contributed by atoms with van der Waals surface area (Å²) in [7, 11) is -3.74. The minimum Gasteiger partial charge on any atom is -0.379 e. The van der Waals surface area contributed by atoms with E-state index in [1.807, 2.05) is 5.32 Å². The first-order valence-corrected chi connectivity index (χ1v) is 10.8.